The minimum absolute atomic E-state index is 0.0884. The van der Waals surface area contributed by atoms with E-state index in [2.05, 4.69) is 21.3 Å². The summed E-state index contributed by atoms with van der Waals surface area (Å²) in [4.78, 5) is 62.4. The Labute approximate surface area is 238 Å². The third-order valence-corrected chi connectivity index (χ3v) is 6.68. The Kier molecular flexibility index (Phi) is 15.7. The molecule has 1 aromatic carbocycles. The van der Waals surface area contributed by atoms with Crippen LogP contribution in [0.2, 0.25) is 0 Å². The van der Waals surface area contributed by atoms with E-state index >= 15 is 0 Å². The first-order valence-corrected chi connectivity index (χ1v) is 14.5. The van der Waals surface area contributed by atoms with Gasteiger partial charge in [-0.15, -0.1) is 0 Å². The van der Waals surface area contributed by atoms with Gasteiger partial charge in [0.2, 0.25) is 23.6 Å². The smallest absolute Gasteiger partial charge is 0.325 e. The summed E-state index contributed by atoms with van der Waals surface area (Å²) >= 11 is 1.48. The highest BCUT2D eigenvalue weighted by Crippen LogP contribution is 2.11. The van der Waals surface area contributed by atoms with E-state index < -0.39 is 59.8 Å². The first-order chi connectivity index (χ1) is 18.9. The zero-order chi connectivity index (χ0) is 30.2. The minimum Gasteiger partial charge on any atom is -0.508 e. The van der Waals surface area contributed by atoms with Crippen LogP contribution in [0.5, 0.6) is 5.75 Å². The molecule has 14 heteroatoms. The van der Waals surface area contributed by atoms with Crippen LogP contribution in [0.25, 0.3) is 0 Å². The van der Waals surface area contributed by atoms with E-state index in [0.717, 1.165) is 5.56 Å². The Morgan fingerprint density at radius 2 is 1.38 bits per heavy atom. The molecule has 0 aliphatic rings. The molecule has 1 rings (SSSR count). The molecule has 0 aromatic heterocycles. The van der Waals surface area contributed by atoms with Crippen LogP contribution < -0.4 is 32.7 Å². The fourth-order valence-electron chi connectivity index (χ4n) is 3.58. The molecule has 0 saturated heterocycles. The maximum Gasteiger partial charge on any atom is 0.325 e. The first-order valence-electron chi connectivity index (χ1n) is 13.1. The summed E-state index contributed by atoms with van der Waals surface area (Å²) in [5.74, 6) is -3.03. The maximum absolute atomic E-state index is 13.2. The third-order valence-electron chi connectivity index (χ3n) is 6.03. The van der Waals surface area contributed by atoms with Gasteiger partial charge in [0.05, 0.1) is 6.04 Å². The van der Waals surface area contributed by atoms with Crippen molar-refractivity contribution in [1.82, 2.24) is 21.3 Å². The number of aromatic hydroxyl groups is 1. The second kappa shape index (κ2) is 18.1. The molecule has 0 aliphatic heterocycles. The fraction of sp³-hybridized carbons (Fsp3) is 0.577. The van der Waals surface area contributed by atoms with Gasteiger partial charge in [-0.25, -0.2) is 0 Å². The molecule has 0 radical (unpaired) electrons. The maximum atomic E-state index is 13.2. The Balaban J connectivity index is 2.92. The highest BCUT2D eigenvalue weighted by molar-refractivity contribution is 7.98. The number of carboxylic acid groups (broad SMARTS) is 1. The SMILES string of the molecule is CSCC[C@H](NC(=O)[C@@H](N)Cc1ccc(O)cc1)C(=O)N[C@@H](CCCCN)C(=O)N[C@@H](C)C(=O)N[C@@H](C)C(=O)O. The molecule has 4 amide bonds. The van der Waals surface area contributed by atoms with Crippen LogP contribution in [-0.2, 0) is 30.4 Å². The Morgan fingerprint density at radius 1 is 0.825 bits per heavy atom. The summed E-state index contributed by atoms with van der Waals surface area (Å²) in [6, 6.07) is 1.12. The van der Waals surface area contributed by atoms with Crippen LogP contribution in [0.4, 0.5) is 0 Å². The van der Waals surface area contributed by atoms with Gasteiger partial charge in [-0.2, -0.15) is 11.8 Å². The number of nitrogens with one attached hydrogen (secondary N) is 4. The van der Waals surface area contributed by atoms with E-state index in [9.17, 15) is 29.1 Å². The Morgan fingerprint density at radius 3 is 1.95 bits per heavy atom. The fourth-order valence-corrected chi connectivity index (χ4v) is 4.05. The molecule has 10 N–H and O–H groups in total. The molecule has 0 heterocycles. The number of aliphatic carboxylic acids is 1. The van der Waals surface area contributed by atoms with Crippen molar-refractivity contribution >= 4 is 41.4 Å². The van der Waals surface area contributed by atoms with Crippen LogP contribution in [0.3, 0.4) is 0 Å². The van der Waals surface area contributed by atoms with Crippen LogP contribution >= 0.6 is 11.8 Å². The number of phenolic OH excluding ortho intramolecular Hbond substituents is 1. The number of carbonyl (C=O) groups is 5. The number of carbonyl (C=O) groups excluding carboxylic acids is 4. The topological polar surface area (TPSA) is 226 Å². The number of phenols is 1. The van der Waals surface area contributed by atoms with Gasteiger partial charge in [0.1, 0.15) is 29.9 Å². The van der Waals surface area contributed by atoms with Gasteiger partial charge in [0, 0.05) is 0 Å². The zero-order valence-electron chi connectivity index (χ0n) is 23.1. The quantitative estimate of drug-likeness (QED) is 0.101. The lowest BCUT2D eigenvalue weighted by Crippen LogP contribution is -2.58. The second-order valence-electron chi connectivity index (χ2n) is 9.46. The molecular formula is C26H42N6O7S. The third kappa shape index (κ3) is 12.7. The van der Waals surface area contributed by atoms with Gasteiger partial charge in [-0.1, -0.05) is 12.1 Å². The van der Waals surface area contributed by atoms with Crippen molar-refractivity contribution < 1.29 is 34.2 Å². The van der Waals surface area contributed by atoms with E-state index in [4.69, 9.17) is 16.6 Å². The van der Waals surface area contributed by atoms with E-state index in [0.29, 0.717) is 25.1 Å². The van der Waals surface area contributed by atoms with Crippen LogP contribution in [-0.4, -0.2) is 88.6 Å². The van der Waals surface area contributed by atoms with Crippen molar-refractivity contribution in [3.8, 4) is 5.75 Å². The number of nitrogens with two attached hydrogens (primary N) is 2. The molecular weight excluding hydrogens is 540 g/mol. The van der Waals surface area contributed by atoms with Gasteiger partial charge < -0.3 is 42.9 Å². The number of thioether (sulfide) groups is 1. The van der Waals surface area contributed by atoms with Gasteiger partial charge in [0.15, 0.2) is 0 Å². The molecule has 5 atom stereocenters. The van der Waals surface area contributed by atoms with Gasteiger partial charge in [0.25, 0.3) is 0 Å². The molecule has 0 unspecified atom stereocenters. The summed E-state index contributed by atoms with van der Waals surface area (Å²) in [7, 11) is 0. The predicted molar refractivity (Wildman–Crippen MR) is 152 cm³/mol. The molecule has 0 saturated carbocycles. The van der Waals surface area contributed by atoms with Crippen molar-refractivity contribution in [3.63, 3.8) is 0 Å². The average molecular weight is 583 g/mol. The largest absolute Gasteiger partial charge is 0.508 e. The first kappa shape index (κ1) is 34.7. The minimum atomic E-state index is -1.22. The molecule has 0 spiro atoms. The highest BCUT2D eigenvalue weighted by Gasteiger charge is 2.29. The summed E-state index contributed by atoms with van der Waals surface area (Å²) in [6.07, 6.45) is 3.68. The van der Waals surface area contributed by atoms with Crippen LogP contribution in [0, 0.1) is 0 Å². The molecule has 0 fully saturated rings. The monoisotopic (exact) mass is 582 g/mol. The van der Waals surface area contributed by atoms with E-state index in [1.54, 1.807) is 12.1 Å². The van der Waals surface area contributed by atoms with Crippen molar-refractivity contribution in [2.45, 2.75) is 76.2 Å². The van der Waals surface area contributed by atoms with E-state index in [1.165, 1.54) is 37.7 Å². The summed E-state index contributed by atoms with van der Waals surface area (Å²) in [5, 5.41) is 28.6. The number of hydrogen-bond donors (Lipinski definition) is 8. The summed E-state index contributed by atoms with van der Waals surface area (Å²) in [5.41, 5.74) is 12.4. The number of unbranched alkanes of at least 4 members (excludes halogenated alkanes) is 1. The normalized spacial score (nSPS) is 14.6. The average Bonchev–Trinajstić information content (AvgIpc) is 2.91. The number of benzene rings is 1. The van der Waals surface area contributed by atoms with Gasteiger partial charge >= 0.3 is 5.97 Å². The van der Waals surface area contributed by atoms with Crippen molar-refractivity contribution in [2.24, 2.45) is 11.5 Å². The van der Waals surface area contributed by atoms with E-state index in [-0.39, 0.29) is 25.0 Å². The molecule has 224 valence electrons. The van der Waals surface area contributed by atoms with Crippen LogP contribution in [0.15, 0.2) is 24.3 Å². The molecule has 1 aromatic rings. The van der Waals surface area contributed by atoms with Gasteiger partial charge in [-0.05, 0) is 82.2 Å². The predicted octanol–water partition coefficient (Wildman–Crippen LogP) is -0.792. The van der Waals surface area contributed by atoms with Crippen molar-refractivity contribution in [2.75, 3.05) is 18.6 Å². The number of rotatable bonds is 18. The van der Waals surface area contributed by atoms with E-state index in [1.807, 2.05) is 6.26 Å². The Bertz CT molecular complexity index is 994. The lowest BCUT2D eigenvalue weighted by atomic mass is 10.0. The molecule has 0 bridgehead atoms. The standard InChI is InChI=1S/C26H42N6O7S/c1-15(22(34)30-16(2)26(38)39)29-24(36)20(6-4-5-12-27)32-25(37)21(11-13-40-3)31-23(35)19(28)14-17-7-9-18(33)10-8-17/h7-10,15-16,19-21,33H,4-6,11-14,27-28H2,1-3H3,(H,29,36)(H,30,34)(H,31,35)(H,32,37)(H,38,39)/t15-,16-,19-,20-,21-/m0/s1. The molecule has 0 aliphatic carbocycles. The Hall–Kier alpha value is -3.36. The molecule has 40 heavy (non-hydrogen) atoms. The summed E-state index contributed by atoms with van der Waals surface area (Å²) in [6.45, 7) is 3.08. The van der Waals surface area contributed by atoms with Crippen molar-refractivity contribution in [1.29, 1.82) is 0 Å². The number of amides is 4. The lowest BCUT2D eigenvalue weighted by molar-refractivity contribution is -0.141. The van der Waals surface area contributed by atoms with Crippen molar-refractivity contribution in [3.05, 3.63) is 29.8 Å². The zero-order valence-corrected chi connectivity index (χ0v) is 24.0. The number of hydrogen-bond acceptors (Lipinski definition) is 9. The highest BCUT2D eigenvalue weighted by atomic mass is 32.2. The van der Waals surface area contributed by atoms with Gasteiger partial charge in [-0.3, -0.25) is 24.0 Å². The second-order valence-corrected chi connectivity index (χ2v) is 10.4. The molecule has 13 nitrogen and oxygen atoms in total. The number of carboxylic acids is 1. The summed E-state index contributed by atoms with van der Waals surface area (Å²) < 4.78 is 0. The van der Waals surface area contributed by atoms with Crippen LogP contribution in [0.1, 0.15) is 45.1 Å². The lowest BCUT2D eigenvalue weighted by Gasteiger charge is -2.25.